The smallest absolute Gasteiger partial charge is 0.137 e. The van der Waals surface area contributed by atoms with Crippen molar-refractivity contribution in [1.82, 2.24) is 10.6 Å². The van der Waals surface area contributed by atoms with Crippen LogP contribution in [0.25, 0.3) is 0 Å². The van der Waals surface area contributed by atoms with Gasteiger partial charge in [-0.25, -0.2) is 0 Å². The average Bonchev–Trinajstić information content (AvgIpc) is 2.83. The van der Waals surface area contributed by atoms with E-state index < -0.39 is 12.2 Å². The van der Waals surface area contributed by atoms with Gasteiger partial charge < -0.3 is 30.3 Å². The van der Waals surface area contributed by atoms with Crippen molar-refractivity contribution >= 4 is 0 Å². The van der Waals surface area contributed by atoms with Gasteiger partial charge in [0.2, 0.25) is 0 Å². The van der Waals surface area contributed by atoms with Crippen LogP contribution < -0.4 is 20.1 Å². The Hall–Kier alpha value is -3.14. The Labute approximate surface area is 189 Å². The molecular weight excluding hydrogens is 408 g/mol. The highest BCUT2D eigenvalue weighted by atomic mass is 16.5. The molecule has 0 amide bonds. The second kappa shape index (κ2) is 14.8. The maximum Gasteiger partial charge on any atom is 0.137 e. The molecule has 0 spiro atoms. The number of aliphatic hydroxyl groups is 2. The standard InChI is InChI=1S/C24H30N4O4/c25-13-19-7-1-3-9-23(19)31-17-21(29)15-27-11-5-6-12-28-16-22(30)18-32-24-10-4-2-8-20(24)14-26/h1-4,7-10,21-22,27-30H,5-6,11-12,15-18H2. The number of nitrogens with zero attached hydrogens (tertiary/aromatic N) is 2. The Bertz CT molecular complexity index is 821. The minimum absolute atomic E-state index is 0.117. The number of benzene rings is 2. The Kier molecular flexibility index (Phi) is 11.6. The van der Waals surface area contributed by atoms with Crippen LogP contribution in [0.3, 0.4) is 0 Å². The van der Waals surface area contributed by atoms with E-state index >= 15 is 0 Å². The largest absolute Gasteiger partial charge is 0.489 e. The summed E-state index contributed by atoms with van der Waals surface area (Å²) in [5.41, 5.74) is 0.896. The first-order valence-electron chi connectivity index (χ1n) is 10.7. The summed E-state index contributed by atoms with van der Waals surface area (Å²) in [6.07, 6.45) is 0.502. The fraction of sp³-hybridized carbons (Fsp3) is 0.417. The van der Waals surface area contributed by atoms with Gasteiger partial charge in [-0.15, -0.1) is 0 Å². The van der Waals surface area contributed by atoms with Crippen LogP contribution in [-0.4, -0.2) is 61.8 Å². The van der Waals surface area contributed by atoms with E-state index in [-0.39, 0.29) is 13.2 Å². The highest BCUT2D eigenvalue weighted by molar-refractivity contribution is 5.43. The van der Waals surface area contributed by atoms with Crippen LogP contribution in [0, 0.1) is 22.7 Å². The molecule has 0 heterocycles. The molecule has 0 aliphatic heterocycles. The summed E-state index contributed by atoms with van der Waals surface area (Å²) in [7, 11) is 0. The SMILES string of the molecule is N#Cc1ccccc1OCC(O)CNCCCCNCC(O)COc1ccccc1C#N. The molecule has 0 aromatic heterocycles. The lowest BCUT2D eigenvalue weighted by Gasteiger charge is -2.15. The lowest BCUT2D eigenvalue weighted by Crippen LogP contribution is -2.33. The van der Waals surface area contributed by atoms with Gasteiger partial charge in [0.25, 0.3) is 0 Å². The second-order valence-corrected chi connectivity index (χ2v) is 7.26. The maximum absolute atomic E-state index is 10.0. The van der Waals surface area contributed by atoms with Gasteiger partial charge in [-0.05, 0) is 50.2 Å². The molecule has 0 bridgehead atoms. The number of unbranched alkanes of at least 4 members (excludes halogenated alkanes) is 1. The summed E-state index contributed by atoms with van der Waals surface area (Å²) in [5.74, 6) is 0.948. The van der Waals surface area contributed by atoms with Gasteiger partial charge in [-0.3, -0.25) is 0 Å². The molecule has 0 saturated heterocycles. The summed E-state index contributed by atoms with van der Waals surface area (Å²) in [6.45, 7) is 2.55. The molecule has 170 valence electrons. The van der Waals surface area contributed by atoms with Crippen molar-refractivity contribution in [3.05, 3.63) is 59.7 Å². The predicted octanol–water partition coefficient (Wildman–Crippen LogP) is 1.57. The highest BCUT2D eigenvalue weighted by Crippen LogP contribution is 2.17. The molecule has 2 aromatic rings. The first-order valence-corrected chi connectivity index (χ1v) is 10.7. The Morgan fingerprint density at radius 1 is 0.719 bits per heavy atom. The minimum atomic E-state index is -0.666. The topological polar surface area (TPSA) is 131 Å². The van der Waals surface area contributed by atoms with Crippen molar-refractivity contribution in [3.63, 3.8) is 0 Å². The molecular formula is C24H30N4O4. The number of nitriles is 2. The van der Waals surface area contributed by atoms with Gasteiger partial charge in [0, 0.05) is 13.1 Å². The molecule has 0 aliphatic rings. The van der Waals surface area contributed by atoms with Gasteiger partial charge in [-0.2, -0.15) is 10.5 Å². The fourth-order valence-corrected chi connectivity index (χ4v) is 2.90. The normalized spacial score (nSPS) is 12.4. The first-order chi connectivity index (χ1) is 15.6. The van der Waals surface area contributed by atoms with Gasteiger partial charge >= 0.3 is 0 Å². The molecule has 4 N–H and O–H groups in total. The molecule has 0 radical (unpaired) electrons. The Balaban J connectivity index is 1.46. The zero-order valence-electron chi connectivity index (χ0n) is 18.0. The van der Waals surface area contributed by atoms with Gasteiger partial charge in [0.15, 0.2) is 0 Å². The molecule has 2 unspecified atom stereocenters. The van der Waals surface area contributed by atoms with Crippen molar-refractivity contribution in [2.75, 3.05) is 39.4 Å². The van der Waals surface area contributed by atoms with Crippen molar-refractivity contribution in [2.45, 2.75) is 25.0 Å². The molecule has 2 atom stereocenters. The van der Waals surface area contributed by atoms with E-state index in [0.29, 0.717) is 35.7 Å². The van der Waals surface area contributed by atoms with Crippen molar-refractivity contribution in [2.24, 2.45) is 0 Å². The van der Waals surface area contributed by atoms with Gasteiger partial charge in [-0.1, -0.05) is 24.3 Å². The third kappa shape index (κ3) is 9.34. The van der Waals surface area contributed by atoms with Crippen molar-refractivity contribution in [1.29, 1.82) is 10.5 Å². The molecule has 8 heteroatoms. The quantitative estimate of drug-likeness (QED) is 0.308. The van der Waals surface area contributed by atoms with E-state index in [4.69, 9.17) is 20.0 Å². The van der Waals surface area contributed by atoms with Crippen molar-refractivity contribution in [3.8, 4) is 23.6 Å². The van der Waals surface area contributed by atoms with Crippen LogP contribution in [0.2, 0.25) is 0 Å². The molecule has 0 saturated carbocycles. The third-order valence-corrected chi connectivity index (χ3v) is 4.59. The number of para-hydroxylation sites is 2. The summed E-state index contributed by atoms with van der Waals surface area (Å²) in [6, 6.07) is 18.0. The maximum atomic E-state index is 10.0. The van der Waals surface area contributed by atoms with E-state index in [2.05, 4.69) is 22.8 Å². The lowest BCUT2D eigenvalue weighted by atomic mass is 10.2. The number of nitrogens with one attached hydrogen (secondary N) is 2. The molecule has 0 fully saturated rings. The Morgan fingerprint density at radius 3 is 1.53 bits per heavy atom. The number of aliphatic hydroxyl groups excluding tert-OH is 2. The van der Waals surface area contributed by atoms with E-state index in [1.165, 1.54) is 0 Å². The molecule has 32 heavy (non-hydrogen) atoms. The minimum Gasteiger partial charge on any atom is -0.489 e. The molecule has 0 aliphatic carbocycles. The highest BCUT2D eigenvalue weighted by Gasteiger charge is 2.09. The van der Waals surface area contributed by atoms with E-state index in [1.807, 2.05) is 0 Å². The van der Waals surface area contributed by atoms with Crippen LogP contribution in [0.15, 0.2) is 48.5 Å². The van der Waals surface area contributed by atoms with E-state index in [1.54, 1.807) is 48.5 Å². The van der Waals surface area contributed by atoms with Crippen LogP contribution in [0.5, 0.6) is 11.5 Å². The summed E-state index contributed by atoms with van der Waals surface area (Å²) < 4.78 is 11.0. The monoisotopic (exact) mass is 438 g/mol. The summed E-state index contributed by atoms with van der Waals surface area (Å²) in [5, 5.41) is 44.4. The van der Waals surface area contributed by atoms with Crippen LogP contribution in [0.4, 0.5) is 0 Å². The number of ether oxygens (including phenoxy) is 2. The van der Waals surface area contributed by atoms with Crippen LogP contribution in [-0.2, 0) is 0 Å². The number of rotatable bonds is 15. The molecule has 8 nitrogen and oxygen atoms in total. The summed E-state index contributed by atoms with van der Waals surface area (Å²) in [4.78, 5) is 0. The number of hydrogen-bond donors (Lipinski definition) is 4. The average molecular weight is 439 g/mol. The van der Waals surface area contributed by atoms with E-state index in [9.17, 15) is 10.2 Å². The van der Waals surface area contributed by atoms with Crippen LogP contribution >= 0.6 is 0 Å². The van der Waals surface area contributed by atoms with Gasteiger partial charge in [0.05, 0.1) is 11.1 Å². The Morgan fingerprint density at radius 2 is 1.12 bits per heavy atom. The zero-order valence-corrected chi connectivity index (χ0v) is 18.0. The second-order valence-electron chi connectivity index (χ2n) is 7.26. The third-order valence-electron chi connectivity index (χ3n) is 4.59. The van der Waals surface area contributed by atoms with Gasteiger partial charge in [0.1, 0.15) is 49.1 Å². The predicted molar refractivity (Wildman–Crippen MR) is 120 cm³/mol. The summed E-state index contributed by atoms with van der Waals surface area (Å²) >= 11 is 0. The van der Waals surface area contributed by atoms with Crippen molar-refractivity contribution < 1.29 is 19.7 Å². The number of hydrogen-bond acceptors (Lipinski definition) is 8. The zero-order chi connectivity index (χ0) is 23.0. The fourth-order valence-electron chi connectivity index (χ4n) is 2.90. The van der Waals surface area contributed by atoms with E-state index in [0.717, 1.165) is 25.9 Å². The molecule has 2 rings (SSSR count). The molecule has 2 aromatic carbocycles. The first kappa shape index (κ1) is 25.1. The lowest BCUT2D eigenvalue weighted by molar-refractivity contribution is 0.105. The van der Waals surface area contributed by atoms with Crippen LogP contribution in [0.1, 0.15) is 24.0 Å².